The minimum absolute atomic E-state index is 0.0242. The number of hydrogen-bond acceptors (Lipinski definition) is 2. The second-order valence-electron chi connectivity index (χ2n) is 2.05. The van der Waals surface area contributed by atoms with Crippen LogP contribution in [0.15, 0.2) is 12.1 Å². The molecule has 0 aliphatic heterocycles. The number of halogens is 2. The van der Waals surface area contributed by atoms with Crippen LogP contribution in [0.2, 0.25) is 0 Å². The lowest BCUT2D eigenvalue weighted by atomic mass is 10.2. The van der Waals surface area contributed by atoms with Crippen LogP contribution in [-0.4, -0.2) is 10.2 Å². The van der Waals surface area contributed by atoms with Gasteiger partial charge in [-0.05, 0) is 6.07 Å². The molecule has 2 N–H and O–H groups in total. The van der Waals surface area contributed by atoms with Crippen molar-refractivity contribution in [2.45, 2.75) is 6.61 Å². The molecule has 11 heavy (non-hydrogen) atoms. The molecule has 2 nitrogen and oxygen atoms in total. The predicted octanol–water partition coefficient (Wildman–Crippen LogP) is 1.16. The maximum Gasteiger partial charge on any atom is 0.162 e. The van der Waals surface area contributed by atoms with Gasteiger partial charge in [0.2, 0.25) is 0 Å². The zero-order valence-corrected chi connectivity index (χ0v) is 5.51. The summed E-state index contributed by atoms with van der Waals surface area (Å²) in [5.41, 5.74) is -0.0242. The van der Waals surface area contributed by atoms with Crippen LogP contribution in [0.25, 0.3) is 0 Å². The van der Waals surface area contributed by atoms with E-state index in [1.807, 2.05) is 0 Å². The predicted molar refractivity (Wildman–Crippen MR) is 33.9 cm³/mol. The van der Waals surface area contributed by atoms with Crippen LogP contribution >= 0.6 is 0 Å². The Morgan fingerprint density at radius 2 is 1.73 bits per heavy atom. The molecule has 0 aromatic heterocycles. The Morgan fingerprint density at radius 1 is 1.18 bits per heavy atom. The van der Waals surface area contributed by atoms with Crippen molar-refractivity contribution in [1.29, 1.82) is 0 Å². The molecule has 4 heteroatoms. The van der Waals surface area contributed by atoms with E-state index in [1.165, 1.54) is 0 Å². The summed E-state index contributed by atoms with van der Waals surface area (Å²) in [4.78, 5) is 0. The third kappa shape index (κ3) is 1.46. The lowest BCUT2D eigenvalue weighted by Crippen LogP contribution is -1.89. The molecule has 0 radical (unpaired) electrons. The van der Waals surface area contributed by atoms with E-state index in [4.69, 9.17) is 10.2 Å². The average molecular weight is 160 g/mol. The first-order valence-electron chi connectivity index (χ1n) is 2.93. The van der Waals surface area contributed by atoms with E-state index in [2.05, 4.69) is 0 Å². The van der Waals surface area contributed by atoms with Crippen LogP contribution < -0.4 is 0 Å². The number of rotatable bonds is 1. The van der Waals surface area contributed by atoms with Crippen LogP contribution in [0.5, 0.6) is 5.75 Å². The van der Waals surface area contributed by atoms with Gasteiger partial charge in [0.05, 0.1) is 6.61 Å². The zero-order valence-electron chi connectivity index (χ0n) is 5.51. The number of phenols is 1. The lowest BCUT2D eigenvalue weighted by molar-refractivity contribution is 0.274. The highest BCUT2D eigenvalue weighted by Gasteiger charge is 2.07. The topological polar surface area (TPSA) is 40.5 Å². The summed E-state index contributed by atoms with van der Waals surface area (Å²) in [6, 6.07) is 1.38. The third-order valence-corrected chi connectivity index (χ3v) is 1.29. The van der Waals surface area contributed by atoms with Crippen molar-refractivity contribution in [2.75, 3.05) is 0 Å². The monoisotopic (exact) mass is 160 g/mol. The van der Waals surface area contributed by atoms with Crippen molar-refractivity contribution in [2.24, 2.45) is 0 Å². The van der Waals surface area contributed by atoms with Crippen molar-refractivity contribution in [3.05, 3.63) is 29.3 Å². The Kier molecular flexibility index (Phi) is 2.05. The highest BCUT2D eigenvalue weighted by molar-refractivity contribution is 5.32. The highest BCUT2D eigenvalue weighted by Crippen LogP contribution is 2.20. The molecule has 0 aliphatic rings. The molecule has 60 valence electrons. The molecule has 0 saturated heterocycles. The van der Waals surface area contributed by atoms with Gasteiger partial charge in [-0.25, -0.2) is 8.78 Å². The number of hydrogen-bond donors (Lipinski definition) is 2. The van der Waals surface area contributed by atoms with Crippen LogP contribution in [0.1, 0.15) is 5.56 Å². The molecule has 0 aliphatic carbocycles. The van der Waals surface area contributed by atoms with E-state index < -0.39 is 24.0 Å². The van der Waals surface area contributed by atoms with Gasteiger partial charge in [0.15, 0.2) is 11.6 Å². The van der Waals surface area contributed by atoms with Crippen molar-refractivity contribution in [3.8, 4) is 5.75 Å². The zero-order chi connectivity index (χ0) is 8.43. The van der Waals surface area contributed by atoms with E-state index in [9.17, 15) is 8.78 Å². The van der Waals surface area contributed by atoms with Gasteiger partial charge in [-0.1, -0.05) is 0 Å². The van der Waals surface area contributed by atoms with Crippen molar-refractivity contribution in [1.82, 2.24) is 0 Å². The van der Waals surface area contributed by atoms with Crippen LogP contribution in [0.4, 0.5) is 8.78 Å². The van der Waals surface area contributed by atoms with E-state index in [-0.39, 0.29) is 5.56 Å². The van der Waals surface area contributed by atoms with Gasteiger partial charge >= 0.3 is 0 Å². The number of aliphatic hydroxyl groups excluding tert-OH is 1. The number of benzene rings is 1. The van der Waals surface area contributed by atoms with Gasteiger partial charge in [-0.3, -0.25) is 0 Å². The summed E-state index contributed by atoms with van der Waals surface area (Å²) in [5.74, 6) is -2.64. The molecule has 0 bridgehead atoms. The molecule has 0 amide bonds. The second-order valence-corrected chi connectivity index (χ2v) is 2.05. The third-order valence-electron chi connectivity index (χ3n) is 1.29. The molecule has 0 atom stereocenters. The molecule has 0 spiro atoms. The normalized spacial score (nSPS) is 10.1. The summed E-state index contributed by atoms with van der Waals surface area (Å²) < 4.78 is 24.6. The summed E-state index contributed by atoms with van der Waals surface area (Å²) in [5, 5.41) is 17.3. The first-order chi connectivity index (χ1) is 5.15. The van der Waals surface area contributed by atoms with E-state index in [0.717, 1.165) is 6.07 Å². The molecule has 1 aromatic carbocycles. The Morgan fingerprint density at radius 3 is 2.27 bits per heavy atom. The van der Waals surface area contributed by atoms with Crippen molar-refractivity contribution < 1.29 is 19.0 Å². The molecular weight excluding hydrogens is 154 g/mol. The molecule has 1 rings (SSSR count). The number of aliphatic hydroxyl groups is 1. The van der Waals surface area contributed by atoms with E-state index >= 15 is 0 Å². The first kappa shape index (κ1) is 7.94. The fraction of sp³-hybridized carbons (Fsp3) is 0.143. The van der Waals surface area contributed by atoms with Gasteiger partial charge in [-0.15, -0.1) is 0 Å². The Balaban J connectivity index is 3.21. The smallest absolute Gasteiger partial charge is 0.162 e. The standard InChI is InChI=1S/C7H6F2O2/c8-5-1-4(3-10)7(11)2-6(5)9/h1-2,10-11H,3H2. The SMILES string of the molecule is OCc1cc(F)c(F)cc1O. The fourth-order valence-electron chi connectivity index (χ4n) is 0.704. The molecule has 0 fully saturated rings. The highest BCUT2D eigenvalue weighted by atomic mass is 19.2. The first-order valence-corrected chi connectivity index (χ1v) is 2.93. The van der Waals surface area contributed by atoms with Crippen LogP contribution in [-0.2, 0) is 6.61 Å². The van der Waals surface area contributed by atoms with Gasteiger partial charge in [0.1, 0.15) is 5.75 Å². The Hall–Kier alpha value is -1.16. The van der Waals surface area contributed by atoms with Crippen LogP contribution in [0.3, 0.4) is 0 Å². The minimum atomic E-state index is -1.13. The van der Waals surface area contributed by atoms with Gasteiger partial charge in [0, 0.05) is 11.6 Å². The average Bonchev–Trinajstić information content (AvgIpc) is 1.97. The Bertz CT molecular complexity index is 273. The van der Waals surface area contributed by atoms with Gasteiger partial charge < -0.3 is 10.2 Å². The second kappa shape index (κ2) is 2.84. The van der Waals surface area contributed by atoms with Crippen molar-refractivity contribution >= 4 is 0 Å². The summed E-state index contributed by atoms with van der Waals surface area (Å²) in [6.45, 7) is -0.511. The van der Waals surface area contributed by atoms with Crippen molar-refractivity contribution in [3.63, 3.8) is 0 Å². The summed E-state index contributed by atoms with van der Waals surface area (Å²) >= 11 is 0. The molecule has 0 unspecified atom stereocenters. The minimum Gasteiger partial charge on any atom is -0.507 e. The summed E-state index contributed by atoms with van der Waals surface area (Å²) in [7, 11) is 0. The largest absolute Gasteiger partial charge is 0.507 e. The van der Waals surface area contributed by atoms with Gasteiger partial charge in [0.25, 0.3) is 0 Å². The van der Waals surface area contributed by atoms with Crippen LogP contribution in [0, 0.1) is 11.6 Å². The van der Waals surface area contributed by atoms with E-state index in [1.54, 1.807) is 0 Å². The molecule has 0 heterocycles. The maximum absolute atomic E-state index is 12.3. The lowest BCUT2D eigenvalue weighted by Gasteiger charge is -2.00. The maximum atomic E-state index is 12.3. The van der Waals surface area contributed by atoms with E-state index in [0.29, 0.717) is 6.07 Å². The molecule has 1 aromatic rings. The number of aromatic hydroxyl groups is 1. The molecular formula is C7H6F2O2. The Labute approximate surface area is 61.7 Å². The quantitative estimate of drug-likeness (QED) is 0.647. The summed E-state index contributed by atoms with van der Waals surface area (Å²) in [6.07, 6.45) is 0. The molecule has 0 saturated carbocycles. The fourth-order valence-corrected chi connectivity index (χ4v) is 0.704. The van der Waals surface area contributed by atoms with Gasteiger partial charge in [-0.2, -0.15) is 0 Å².